The Morgan fingerprint density at radius 1 is 1.18 bits per heavy atom. The summed E-state index contributed by atoms with van der Waals surface area (Å²) < 4.78 is 0. The fourth-order valence-electron chi connectivity index (χ4n) is 4.49. The summed E-state index contributed by atoms with van der Waals surface area (Å²) in [7, 11) is 0. The fourth-order valence-corrected chi connectivity index (χ4v) is 4.49. The second-order valence-electron chi connectivity index (χ2n) is 8.75. The van der Waals surface area contributed by atoms with Crippen molar-refractivity contribution in [2.45, 2.75) is 31.9 Å². The second-order valence-corrected chi connectivity index (χ2v) is 8.75. The molecule has 0 radical (unpaired) electrons. The number of fused-ring (bicyclic) bond motifs is 1. The van der Waals surface area contributed by atoms with Crippen LogP contribution in [0, 0.1) is 0 Å². The quantitative estimate of drug-likeness (QED) is 0.518. The molecule has 33 heavy (non-hydrogen) atoms. The molecule has 0 amide bonds. The Labute approximate surface area is 194 Å². The number of nitrogens with two attached hydrogens (primary N) is 2. The van der Waals surface area contributed by atoms with Crippen molar-refractivity contribution in [1.82, 2.24) is 10.2 Å². The lowest BCUT2D eigenvalue weighted by Gasteiger charge is -2.39. The Balaban J connectivity index is 1.27. The third-order valence-electron chi connectivity index (χ3n) is 6.36. The van der Waals surface area contributed by atoms with Crippen LogP contribution >= 0.6 is 0 Å². The van der Waals surface area contributed by atoms with Gasteiger partial charge >= 0.3 is 0 Å². The van der Waals surface area contributed by atoms with Crippen molar-refractivity contribution in [3.05, 3.63) is 106 Å². The van der Waals surface area contributed by atoms with E-state index in [1.807, 2.05) is 48.2 Å². The van der Waals surface area contributed by atoms with Crippen molar-refractivity contribution in [1.29, 1.82) is 0 Å². The smallest absolute Gasteiger partial charge is 0.107 e. The first-order chi connectivity index (χ1) is 16.0. The summed E-state index contributed by atoms with van der Waals surface area (Å²) in [6.45, 7) is 2.57. The predicted molar refractivity (Wildman–Crippen MR) is 134 cm³/mol. The number of allylic oxidation sites excluding steroid dienone is 1. The molecule has 0 fully saturated rings. The first-order valence-electron chi connectivity index (χ1n) is 11.3. The highest BCUT2D eigenvalue weighted by Gasteiger charge is 2.32. The minimum Gasteiger partial charge on any atom is -0.398 e. The number of aliphatic imine (C=N–C) groups is 1. The molecule has 0 saturated heterocycles. The number of amidine groups is 1. The Hall–Kier alpha value is -3.77. The molecule has 0 aromatic heterocycles. The summed E-state index contributed by atoms with van der Waals surface area (Å²) in [6, 6.07) is 16.6. The van der Waals surface area contributed by atoms with E-state index in [2.05, 4.69) is 40.7 Å². The number of hydrogen-bond acceptors (Lipinski definition) is 6. The van der Waals surface area contributed by atoms with E-state index in [1.165, 1.54) is 11.1 Å². The molecule has 2 atom stereocenters. The van der Waals surface area contributed by atoms with E-state index in [1.54, 1.807) is 6.08 Å². The molecule has 6 heteroatoms. The van der Waals surface area contributed by atoms with Gasteiger partial charge in [-0.1, -0.05) is 54.6 Å². The lowest BCUT2D eigenvalue weighted by molar-refractivity contribution is 0.223. The SMILES string of the molecule is CC1=N[C@H]2CC=C(N3CC([C@H](O)/C=C/c4cc(Cc5ccccc5)ccc4N)=C3N)C=C2N1. The van der Waals surface area contributed by atoms with Crippen LogP contribution in [0.3, 0.4) is 0 Å². The van der Waals surface area contributed by atoms with Gasteiger partial charge in [0.15, 0.2) is 0 Å². The highest BCUT2D eigenvalue weighted by molar-refractivity contribution is 5.84. The molecule has 168 valence electrons. The van der Waals surface area contributed by atoms with Crippen LogP contribution in [0.2, 0.25) is 0 Å². The highest BCUT2D eigenvalue weighted by Crippen LogP contribution is 2.32. The Kier molecular flexibility index (Phi) is 5.52. The normalized spacial score (nSPS) is 20.6. The largest absolute Gasteiger partial charge is 0.398 e. The molecule has 0 spiro atoms. The molecule has 2 aliphatic heterocycles. The van der Waals surface area contributed by atoms with Crippen molar-refractivity contribution in [3.63, 3.8) is 0 Å². The van der Waals surface area contributed by atoms with Crippen LogP contribution in [0.4, 0.5) is 5.69 Å². The fraction of sp³-hybridized carbons (Fsp3) is 0.222. The van der Waals surface area contributed by atoms with Crippen LogP contribution in [0.15, 0.2) is 94.5 Å². The Morgan fingerprint density at radius 2 is 2.00 bits per heavy atom. The minimum atomic E-state index is -0.752. The summed E-state index contributed by atoms with van der Waals surface area (Å²) in [4.78, 5) is 6.60. The van der Waals surface area contributed by atoms with Crippen LogP contribution in [0.5, 0.6) is 0 Å². The molecule has 3 aliphatic rings. The van der Waals surface area contributed by atoms with Gasteiger partial charge in [-0.2, -0.15) is 0 Å². The second kappa shape index (κ2) is 8.64. The summed E-state index contributed by atoms with van der Waals surface area (Å²) >= 11 is 0. The van der Waals surface area contributed by atoms with Gasteiger partial charge < -0.3 is 26.8 Å². The Morgan fingerprint density at radius 3 is 2.79 bits per heavy atom. The zero-order valence-electron chi connectivity index (χ0n) is 18.7. The van der Waals surface area contributed by atoms with Gasteiger partial charge in [-0.25, -0.2) is 0 Å². The monoisotopic (exact) mass is 439 g/mol. The van der Waals surface area contributed by atoms with E-state index >= 15 is 0 Å². The van der Waals surface area contributed by atoms with Crippen molar-refractivity contribution >= 4 is 17.6 Å². The minimum absolute atomic E-state index is 0.191. The van der Waals surface area contributed by atoms with Gasteiger partial charge in [0, 0.05) is 22.7 Å². The summed E-state index contributed by atoms with van der Waals surface area (Å²) in [6.07, 6.45) is 8.83. The van der Waals surface area contributed by atoms with E-state index in [9.17, 15) is 5.11 Å². The van der Waals surface area contributed by atoms with Crippen LogP contribution in [-0.4, -0.2) is 34.5 Å². The van der Waals surface area contributed by atoms with Gasteiger partial charge in [0.05, 0.1) is 24.5 Å². The third-order valence-corrected chi connectivity index (χ3v) is 6.36. The maximum absolute atomic E-state index is 10.7. The molecule has 2 aromatic rings. The molecule has 6 nitrogen and oxygen atoms in total. The van der Waals surface area contributed by atoms with Gasteiger partial charge in [0.25, 0.3) is 0 Å². The number of rotatable bonds is 6. The molecule has 0 saturated carbocycles. The molecule has 6 N–H and O–H groups in total. The third kappa shape index (κ3) is 4.30. The van der Waals surface area contributed by atoms with Gasteiger partial charge in [-0.05, 0) is 54.7 Å². The standard InChI is InChI=1S/C27H29N5O/c1-17-30-24-11-9-21(15-25(24)31-17)32-16-22(27(32)29)26(33)12-8-20-14-19(7-10-23(20)28)13-18-5-3-2-4-6-18/h2-10,12,14-15,24,26,33H,11,13,16,28-29H2,1H3,(H,30,31)/b12-8+/t24-,26+/m0/s1. The van der Waals surface area contributed by atoms with Crippen LogP contribution in [0.25, 0.3) is 6.08 Å². The maximum Gasteiger partial charge on any atom is 0.107 e. The molecule has 5 rings (SSSR count). The number of aliphatic hydroxyl groups excluding tert-OH is 1. The van der Waals surface area contributed by atoms with Crippen molar-refractivity contribution in [2.75, 3.05) is 12.3 Å². The first kappa shape index (κ1) is 21.1. The van der Waals surface area contributed by atoms with E-state index < -0.39 is 6.10 Å². The van der Waals surface area contributed by atoms with Crippen molar-refractivity contribution in [3.8, 4) is 0 Å². The van der Waals surface area contributed by atoms with E-state index in [0.29, 0.717) is 18.1 Å². The zero-order chi connectivity index (χ0) is 22.9. The molecule has 2 aromatic carbocycles. The van der Waals surface area contributed by atoms with Crippen molar-refractivity contribution < 1.29 is 5.11 Å². The molecule has 0 unspecified atom stereocenters. The molecule has 2 heterocycles. The average Bonchev–Trinajstić information content (AvgIpc) is 3.18. The first-order valence-corrected chi connectivity index (χ1v) is 11.3. The molecule has 1 aliphatic carbocycles. The average molecular weight is 440 g/mol. The van der Waals surface area contributed by atoms with Crippen LogP contribution in [0.1, 0.15) is 30.0 Å². The lowest BCUT2D eigenvalue weighted by Crippen LogP contribution is -2.44. The predicted octanol–water partition coefficient (Wildman–Crippen LogP) is 3.28. The van der Waals surface area contributed by atoms with E-state index in [4.69, 9.17) is 11.5 Å². The zero-order valence-corrected chi connectivity index (χ0v) is 18.7. The summed E-state index contributed by atoms with van der Waals surface area (Å²) in [5.74, 6) is 1.55. The Bertz CT molecular complexity index is 1220. The number of nitrogens with zero attached hydrogens (tertiary/aromatic N) is 2. The summed E-state index contributed by atoms with van der Waals surface area (Å²) in [5.41, 5.74) is 19.5. The van der Waals surface area contributed by atoms with Crippen LogP contribution in [-0.2, 0) is 6.42 Å². The lowest BCUT2D eigenvalue weighted by atomic mass is 9.97. The van der Waals surface area contributed by atoms with Gasteiger partial charge in [-0.3, -0.25) is 4.99 Å². The molecule has 0 bridgehead atoms. The summed E-state index contributed by atoms with van der Waals surface area (Å²) in [5, 5.41) is 14.1. The van der Waals surface area contributed by atoms with E-state index in [0.717, 1.165) is 41.2 Å². The van der Waals surface area contributed by atoms with Gasteiger partial charge in [0.2, 0.25) is 0 Å². The number of anilines is 1. The molecular weight excluding hydrogens is 410 g/mol. The topological polar surface area (TPSA) is 99.9 Å². The van der Waals surface area contributed by atoms with Crippen molar-refractivity contribution in [2.24, 2.45) is 10.7 Å². The van der Waals surface area contributed by atoms with Gasteiger partial charge in [-0.15, -0.1) is 0 Å². The number of aliphatic hydroxyl groups is 1. The van der Waals surface area contributed by atoms with Crippen LogP contribution < -0.4 is 16.8 Å². The van der Waals surface area contributed by atoms with Gasteiger partial charge in [0.1, 0.15) is 5.82 Å². The molecular formula is C27H29N5O. The van der Waals surface area contributed by atoms with E-state index in [-0.39, 0.29) is 6.04 Å². The highest BCUT2D eigenvalue weighted by atomic mass is 16.3. The number of nitrogen functional groups attached to an aromatic ring is 1. The maximum atomic E-state index is 10.7. The number of hydrogen-bond donors (Lipinski definition) is 4. The number of benzene rings is 2. The number of nitrogens with one attached hydrogen (secondary N) is 1.